The molecule has 0 aromatic carbocycles. The molecule has 54 heavy (non-hydrogen) atoms. The number of nitrogens with zero attached hydrogens (tertiary/aromatic N) is 2. The minimum atomic E-state index is -4.42. The first kappa shape index (κ1) is 48.8. The van der Waals surface area contributed by atoms with Gasteiger partial charge in [0.15, 0.2) is 18.9 Å². The molecule has 2 heterocycles. The van der Waals surface area contributed by atoms with Crippen molar-refractivity contribution in [1.82, 2.24) is 0 Å². The largest absolute Gasteiger partial charge is 0.394 e. The van der Waals surface area contributed by atoms with Gasteiger partial charge in [0.05, 0.1) is 62.4 Å². The third kappa shape index (κ3) is 17.9. The Kier molecular flexibility index (Phi) is 20.4. The third-order valence-electron chi connectivity index (χ3n) is 7.49. The van der Waals surface area contributed by atoms with Crippen LogP contribution in [0.1, 0.15) is 33.6 Å². The third-order valence-corrected chi connectivity index (χ3v) is 9.17. The molecule has 0 aliphatic carbocycles. The van der Waals surface area contributed by atoms with Crippen LogP contribution in [0.4, 0.5) is 0 Å². The minimum absolute atomic E-state index is 0.253. The van der Waals surface area contributed by atoms with Crippen molar-refractivity contribution in [3.8, 4) is 0 Å². The second kappa shape index (κ2) is 22.6. The van der Waals surface area contributed by atoms with Crippen LogP contribution >= 0.6 is 15.2 Å². The van der Waals surface area contributed by atoms with Crippen molar-refractivity contribution < 1.29 is 108 Å². The summed E-state index contributed by atoms with van der Waals surface area (Å²) in [5.74, 6) is 0. The maximum Gasteiger partial charge on any atom is 0.325 e. The number of oxime groups is 2. The average molecular weight is 833 g/mol. The molecular formula is C28H54N2O22P2. The van der Waals surface area contributed by atoms with E-state index in [-0.39, 0.29) is 39.3 Å². The van der Waals surface area contributed by atoms with Crippen molar-refractivity contribution in [3.63, 3.8) is 0 Å². The highest BCUT2D eigenvalue weighted by atomic mass is 31.2. The van der Waals surface area contributed by atoms with E-state index in [4.69, 9.17) is 57.7 Å². The lowest BCUT2D eigenvalue weighted by Gasteiger charge is -2.40. The van der Waals surface area contributed by atoms with E-state index in [1.165, 1.54) is 0 Å². The Balaban J connectivity index is 1.83. The summed E-state index contributed by atoms with van der Waals surface area (Å²) >= 11 is 0. The molecule has 24 nitrogen and oxygen atoms in total. The van der Waals surface area contributed by atoms with Crippen LogP contribution in [-0.2, 0) is 47.2 Å². The van der Waals surface area contributed by atoms with E-state index in [2.05, 4.69) is 10.3 Å². The number of aliphatic hydroxyl groups is 8. The van der Waals surface area contributed by atoms with Crippen LogP contribution in [0.25, 0.3) is 0 Å². The minimum Gasteiger partial charge on any atom is -0.394 e. The molecule has 26 heteroatoms. The molecule has 2 unspecified atom stereocenters. The van der Waals surface area contributed by atoms with Crippen molar-refractivity contribution in [2.45, 2.75) is 119 Å². The number of hydrogen-bond donors (Lipinski definition) is 12. The predicted octanol–water partition coefficient (Wildman–Crippen LogP) is -4.35. The second-order valence-corrected chi connectivity index (χ2v) is 16.8. The van der Waals surface area contributed by atoms with Crippen LogP contribution < -0.4 is 0 Å². The van der Waals surface area contributed by atoms with Gasteiger partial charge in [-0.3, -0.25) is 9.13 Å². The molecule has 13 atom stereocenters. The maximum atomic E-state index is 11.2. The zero-order chi connectivity index (χ0) is 40.9. The first-order valence-electron chi connectivity index (χ1n) is 16.7. The van der Waals surface area contributed by atoms with Gasteiger partial charge in [0.2, 0.25) is 0 Å². The van der Waals surface area contributed by atoms with Gasteiger partial charge >= 0.3 is 15.2 Å². The van der Waals surface area contributed by atoms with Crippen molar-refractivity contribution in [1.29, 1.82) is 0 Å². The summed E-state index contributed by atoms with van der Waals surface area (Å²) in [6.07, 6.45) is -19.6. The quantitative estimate of drug-likeness (QED) is 0.0152. The lowest BCUT2D eigenvalue weighted by Crippen LogP contribution is -2.58. The van der Waals surface area contributed by atoms with E-state index in [1.54, 1.807) is 20.8 Å². The molecule has 0 bridgehead atoms. The molecule has 2 aliphatic rings. The molecule has 0 amide bonds. The molecule has 2 rings (SSSR count). The van der Waals surface area contributed by atoms with Crippen LogP contribution in [0.5, 0.6) is 0 Å². The van der Waals surface area contributed by atoms with E-state index in [1.807, 2.05) is 0 Å². The van der Waals surface area contributed by atoms with E-state index < -0.39 is 120 Å². The topological polar surface area (TPSA) is 375 Å². The molecule has 0 aromatic heterocycles. The maximum absolute atomic E-state index is 11.2. The van der Waals surface area contributed by atoms with Crippen LogP contribution in [0.15, 0.2) is 10.3 Å². The van der Waals surface area contributed by atoms with Crippen molar-refractivity contribution in [2.75, 3.05) is 45.4 Å². The summed E-state index contributed by atoms with van der Waals surface area (Å²) in [7, 11) is -8.85. The van der Waals surface area contributed by atoms with Crippen LogP contribution in [-0.4, -0.2) is 204 Å². The van der Waals surface area contributed by atoms with Crippen molar-refractivity contribution >= 4 is 27.6 Å². The molecular weight excluding hydrogens is 778 g/mol. The van der Waals surface area contributed by atoms with Gasteiger partial charge in [-0.15, -0.1) is 0 Å². The van der Waals surface area contributed by atoms with Gasteiger partial charge in [-0.25, -0.2) is 0 Å². The van der Waals surface area contributed by atoms with Crippen molar-refractivity contribution in [2.24, 2.45) is 10.3 Å². The first-order valence-corrected chi connectivity index (χ1v) is 20.3. The monoisotopic (exact) mass is 832 g/mol. The van der Waals surface area contributed by atoms with Gasteiger partial charge in [0.25, 0.3) is 0 Å². The summed E-state index contributed by atoms with van der Waals surface area (Å²) in [6, 6.07) is 0. The van der Waals surface area contributed by atoms with Crippen molar-refractivity contribution in [3.05, 3.63) is 0 Å². The fourth-order valence-electron chi connectivity index (χ4n) is 4.80. The Morgan fingerprint density at radius 1 is 0.685 bits per heavy atom. The first-order chi connectivity index (χ1) is 25.0. The van der Waals surface area contributed by atoms with Crippen LogP contribution in [0, 0.1) is 0 Å². The molecule has 0 saturated carbocycles. The molecule has 0 spiro atoms. The Morgan fingerprint density at radius 2 is 1.11 bits per heavy atom. The Morgan fingerprint density at radius 3 is 1.50 bits per heavy atom. The number of hydrogen-bond acceptors (Lipinski definition) is 20. The number of ether oxygens (including phenoxy) is 6. The second-order valence-electron chi connectivity index (χ2n) is 13.2. The summed E-state index contributed by atoms with van der Waals surface area (Å²) in [6.45, 7) is 3.25. The summed E-state index contributed by atoms with van der Waals surface area (Å²) in [5.41, 5.74) is -0.870. The van der Waals surface area contributed by atoms with Gasteiger partial charge in [0, 0.05) is 0 Å². The smallest absolute Gasteiger partial charge is 0.325 e. The molecule has 2 aliphatic heterocycles. The van der Waals surface area contributed by atoms with Gasteiger partial charge in [-0.05, 0) is 33.6 Å². The number of rotatable bonds is 23. The van der Waals surface area contributed by atoms with E-state index in [9.17, 15) is 50.0 Å². The highest BCUT2D eigenvalue weighted by molar-refractivity contribution is 7.52. The lowest BCUT2D eigenvalue weighted by atomic mass is 9.97. The highest BCUT2D eigenvalue weighted by Gasteiger charge is 2.46. The predicted molar refractivity (Wildman–Crippen MR) is 180 cm³/mol. The standard InChI is InChI=1S/C28H54N2O22P2/c1-28(2,3)52-25(16(32)13-30-48-9-7-46-27-24(38)22(36)20(34)18(51-27)5-11-54(42,43)44)49-15(14-31)12-29-47-8-6-45-26-23(37)21(35)19(33)17(50-26)4-10-53(39,40)41/h12-13,15-27,31-38H,4-11,14H2,1-3H3,(H2,39,40,41)(H2,42,43,44)/b29-12+,30-13-/t15-,16+,17+,18+,19+,20+,21-,22-,23-,24-,25-,26?,27?/m0/s1. The van der Waals surface area contributed by atoms with E-state index >= 15 is 0 Å². The summed E-state index contributed by atoms with van der Waals surface area (Å²) in [4.78, 5) is 46.4. The zero-order valence-electron chi connectivity index (χ0n) is 29.8. The van der Waals surface area contributed by atoms with E-state index in [0.29, 0.717) is 0 Å². The average Bonchev–Trinajstić information content (AvgIpc) is 3.07. The molecule has 2 fully saturated rings. The normalized spacial score (nSPS) is 31.8. The zero-order valence-corrected chi connectivity index (χ0v) is 31.6. The highest BCUT2D eigenvalue weighted by Crippen LogP contribution is 2.38. The Hall–Kier alpha value is -1.32. The molecule has 0 radical (unpaired) electrons. The fourth-order valence-corrected chi connectivity index (χ4v) is 5.98. The summed E-state index contributed by atoms with van der Waals surface area (Å²) < 4.78 is 55.1. The fraction of sp³-hybridized carbons (Fsp3) is 0.929. The van der Waals surface area contributed by atoms with Crippen LogP contribution in [0.2, 0.25) is 0 Å². The SMILES string of the molecule is CC(C)(C)O[C@H](O[C@@H](/C=N/OCCOC1O[C@H](CCP(=O)(O)O)[C@@H](O)[C@H](O)[C@@H]1O)CO)[C@H](O)/C=N\OCCOC1O[C@H](CCP(=O)(O)O)[C@@H](O)[C@H](O)[C@@H]1O. The Labute approximate surface area is 310 Å². The Bertz CT molecular complexity index is 1230. The van der Waals surface area contributed by atoms with E-state index in [0.717, 1.165) is 12.4 Å². The molecule has 318 valence electrons. The van der Waals surface area contributed by atoms with Gasteiger partial charge < -0.3 is 98.5 Å². The van der Waals surface area contributed by atoms with Crippen LogP contribution in [0.3, 0.4) is 0 Å². The number of aliphatic hydroxyl groups excluding tert-OH is 8. The van der Waals surface area contributed by atoms with Gasteiger partial charge in [0.1, 0.15) is 62.0 Å². The summed E-state index contributed by atoms with van der Waals surface area (Å²) in [5, 5.41) is 88.3. The molecule has 0 aromatic rings. The molecule has 12 N–H and O–H groups in total. The van der Waals surface area contributed by atoms with Gasteiger partial charge in [-0.1, -0.05) is 10.3 Å². The van der Waals surface area contributed by atoms with Gasteiger partial charge in [-0.2, -0.15) is 0 Å². The lowest BCUT2D eigenvalue weighted by molar-refractivity contribution is -0.298. The molecule has 2 saturated heterocycles.